The van der Waals surface area contributed by atoms with E-state index in [1.54, 1.807) is 11.3 Å². The Morgan fingerprint density at radius 1 is 0.903 bits per heavy atom. The van der Waals surface area contributed by atoms with Crippen LogP contribution in [0.15, 0.2) is 78.9 Å². The van der Waals surface area contributed by atoms with Crippen molar-refractivity contribution >= 4 is 21.6 Å². The molecule has 0 bridgehead atoms. The zero-order chi connectivity index (χ0) is 21.1. The van der Waals surface area contributed by atoms with Crippen LogP contribution in [0.25, 0.3) is 10.2 Å². The third-order valence-corrected chi connectivity index (χ3v) is 7.03. The maximum absolute atomic E-state index is 11.0. The minimum absolute atomic E-state index is 0.674. The van der Waals surface area contributed by atoms with E-state index in [9.17, 15) is 5.11 Å². The topological polar surface area (TPSA) is 45.6 Å². The number of ether oxygens (including phenoxy) is 1. The fourth-order valence-electron chi connectivity index (χ4n) is 4.19. The van der Waals surface area contributed by atoms with Gasteiger partial charge < -0.3 is 14.7 Å². The van der Waals surface area contributed by atoms with E-state index in [2.05, 4.69) is 28.1 Å². The second kappa shape index (κ2) is 8.79. The van der Waals surface area contributed by atoms with Crippen molar-refractivity contribution in [2.24, 2.45) is 0 Å². The van der Waals surface area contributed by atoms with Gasteiger partial charge in [-0.05, 0) is 54.7 Å². The lowest BCUT2D eigenvalue weighted by molar-refractivity contribution is -0.0255. The SMILES string of the molecule is OC1(c2ccccc2)CCN(CCc2ccc(Oc3nc4ccccc4s3)cc2)CC1. The summed E-state index contributed by atoms with van der Waals surface area (Å²) in [5, 5.41) is 11.7. The Hall–Kier alpha value is -2.73. The molecule has 31 heavy (non-hydrogen) atoms. The molecule has 1 aliphatic rings. The largest absolute Gasteiger partial charge is 0.431 e. The number of hydrogen-bond donors (Lipinski definition) is 1. The number of aliphatic hydroxyl groups is 1. The molecule has 158 valence electrons. The molecule has 0 saturated carbocycles. The second-order valence-corrected chi connectivity index (χ2v) is 9.18. The van der Waals surface area contributed by atoms with Crippen LogP contribution in [0.5, 0.6) is 10.9 Å². The van der Waals surface area contributed by atoms with E-state index in [0.717, 1.165) is 60.4 Å². The van der Waals surface area contributed by atoms with Crippen molar-refractivity contribution in [2.45, 2.75) is 24.9 Å². The number of hydrogen-bond acceptors (Lipinski definition) is 5. The molecular formula is C26H26N2O2S. The van der Waals surface area contributed by atoms with Gasteiger partial charge in [-0.3, -0.25) is 0 Å². The lowest BCUT2D eigenvalue weighted by Crippen LogP contribution is -2.43. The van der Waals surface area contributed by atoms with Crippen LogP contribution in [-0.2, 0) is 12.0 Å². The molecule has 1 fully saturated rings. The standard InChI is InChI=1S/C26H26N2O2S/c29-26(21-6-2-1-3-7-21)15-18-28(19-16-26)17-14-20-10-12-22(13-11-20)30-25-27-23-8-4-5-9-24(23)31-25/h1-13,29H,14-19H2. The number of likely N-dealkylation sites (tertiary alicyclic amines) is 1. The number of aromatic nitrogens is 1. The van der Waals surface area contributed by atoms with Gasteiger partial charge in [-0.1, -0.05) is 65.9 Å². The van der Waals surface area contributed by atoms with E-state index in [4.69, 9.17) is 4.74 Å². The van der Waals surface area contributed by atoms with E-state index < -0.39 is 5.60 Å². The molecule has 4 nitrogen and oxygen atoms in total. The van der Waals surface area contributed by atoms with Gasteiger partial charge in [-0.2, -0.15) is 0 Å². The molecule has 0 atom stereocenters. The lowest BCUT2D eigenvalue weighted by Gasteiger charge is -2.38. The smallest absolute Gasteiger partial charge is 0.279 e. The summed E-state index contributed by atoms with van der Waals surface area (Å²) in [7, 11) is 0. The van der Waals surface area contributed by atoms with Gasteiger partial charge in [-0.25, -0.2) is 4.98 Å². The first-order valence-corrected chi connectivity index (χ1v) is 11.6. The zero-order valence-electron chi connectivity index (χ0n) is 17.4. The Balaban J connectivity index is 1.13. The summed E-state index contributed by atoms with van der Waals surface area (Å²) in [6, 6.07) is 26.5. The van der Waals surface area contributed by atoms with Gasteiger partial charge >= 0.3 is 0 Å². The average molecular weight is 431 g/mol. The van der Waals surface area contributed by atoms with E-state index in [-0.39, 0.29) is 0 Å². The summed E-state index contributed by atoms with van der Waals surface area (Å²) in [5.74, 6) is 0.814. The molecule has 4 aromatic rings. The highest BCUT2D eigenvalue weighted by atomic mass is 32.1. The van der Waals surface area contributed by atoms with Gasteiger partial charge in [0.1, 0.15) is 5.75 Å². The van der Waals surface area contributed by atoms with Gasteiger partial charge in [0.25, 0.3) is 5.19 Å². The predicted molar refractivity (Wildman–Crippen MR) is 126 cm³/mol. The minimum atomic E-state index is -0.683. The summed E-state index contributed by atoms with van der Waals surface area (Å²) >= 11 is 1.56. The van der Waals surface area contributed by atoms with Gasteiger partial charge in [0.2, 0.25) is 0 Å². The van der Waals surface area contributed by atoms with Crippen molar-refractivity contribution in [3.05, 3.63) is 90.0 Å². The summed E-state index contributed by atoms with van der Waals surface area (Å²) < 4.78 is 7.08. The Kier molecular flexibility index (Phi) is 5.72. The predicted octanol–water partition coefficient (Wildman–Crippen LogP) is 5.61. The summed E-state index contributed by atoms with van der Waals surface area (Å²) in [6.45, 7) is 2.84. The first-order valence-electron chi connectivity index (χ1n) is 10.8. The average Bonchev–Trinajstić information content (AvgIpc) is 3.23. The molecule has 5 rings (SSSR count). The van der Waals surface area contributed by atoms with E-state index in [1.807, 2.05) is 60.7 Å². The zero-order valence-corrected chi connectivity index (χ0v) is 18.2. The molecular weight excluding hydrogens is 404 g/mol. The number of thiazole rings is 1. The highest BCUT2D eigenvalue weighted by Crippen LogP contribution is 2.33. The molecule has 2 heterocycles. The van der Waals surface area contributed by atoms with E-state index >= 15 is 0 Å². The number of rotatable bonds is 6. The molecule has 1 aliphatic heterocycles. The molecule has 0 unspecified atom stereocenters. The normalized spacial score (nSPS) is 16.4. The van der Waals surface area contributed by atoms with E-state index in [1.165, 1.54) is 5.56 Å². The summed E-state index contributed by atoms with van der Waals surface area (Å²) in [6.07, 6.45) is 2.56. The number of piperidine rings is 1. The van der Waals surface area contributed by atoms with Crippen molar-refractivity contribution in [3.8, 4) is 10.9 Å². The molecule has 1 N–H and O–H groups in total. The van der Waals surface area contributed by atoms with Crippen molar-refractivity contribution in [1.29, 1.82) is 0 Å². The van der Waals surface area contributed by atoms with Crippen molar-refractivity contribution < 1.29 is 9.84 Å². The quantitative estimate of drug-likeness (QED) is 0.432. The third kappa shape index (κ3) is 4.64. The third-order valence-electron chi connectivity index (χ3n) is 6.11. The van der Waals surface area contributed by atoms with Crippen LogP contribution in [0.1, 0.15) is 24.0 Å². The van der Waals surface area contributed by atoms with Crippen LogP contribution < -0.4 is 4.74 Å². The Labute approximate surface area is 186 Å². The second-order valence-electron chi connectivity index (χ2n) is 8.18. The molecule has 0 radical (unpaired) electrons. The van der Waals surface area contributed by atoms with Crippen LogP contribution in [-0.4, -0.2) is 34.6 Å². The van der Waals surface area contributed by atoms with Crippen LogP contribution in [0.3, 0.4) is 0 Å². The van der Waals surface area contributed by atoms with Crippen LogP contribution in [0, 0.1) is 0 Å². The monoisotopic (exact) mass is 430 g/mol. The number of para-hydroxylation sites is 1. The number of nitrogens with zero attached hydrogens (tertiary/aromatic N) is 2. The van der Waals surface area contributed by atoms with Crippen LogP contribution in [0.4, 0.5) is 0 Å². The van der Waals surface area contributed by atoms with Gasteiger partial charge in [0.05, 0.1) is 15.8 Å². The van der Waals surface area contributed by atoms with E-state index in [0.29, 0.717) is 5.19 Å². The Morgan fingerprint density at radius 3 is 2.35 bits per heavy atom. The van der Waals surface area contributed by atoms with Gasteiger partial charge in [0, 0.05) is 19.6 Å². The van der Waals surface area contributed by atoms with Crippen molar-refractivity contribution in [3.63, 3.8) is 0 Å². The van der Waals surface area contributed by atoms with Crippen LogP contribution >= 0.6 is 11.3 Å². The molecule has 1 aromatic heterocycles. The molecule has 5 heteroatoms. The molecule has 3 aromatic carbocycles. The first-order chi connectivity index (χ1) is 15.2. The maximum Gasteiger partial charge on any atom is 0.279 e. The minimum Gasteiger partial charge on any atom is -0.431 e. The number of fused-ring (bicyclic) bond motifs is 1. The first kappa shape index (κ1) is 20.2. The molecule has 0 amide bonds. The van der Waals surface area contributed by atoms with Crippen LogP contribution in [0.2, 0.25) is 0 Å². The molecule has 0 aliphatic carbocycles. The summed E-state index contributed by atoms with van der Waals surface area (Å²) in [5.41, 5.74) is 2.62. The molecule has 1 saturated heterocycles. The maximum atomic E-state index is 11.0. The number of benzene rings is 3. The Bertz CT molecular complexity index is 1100. The molecule has 0 spiro atoms. The fraction of sp³-hybridized carbons (Fsp3) is 0.269. The van der Waals surface area contributed by atoms with Gasteiger partial charge in [-0.15, -0.1) is 0 Å². The highest BCUT2D eigenvalue weighted by Gasteiger charge is 2.33. The Morgan fingerprint density at radius 2 is 1.61 bits per heavy atom. The van der Waals surface area contributed by atoms with Crippen molar-refractivity contribution in [2.75, 3.05) is 19.6 Å². The fourth-order valence-corrected chi connectivity index (χ4v) is 5.03. The van der Waals surface area contributed by atoms with Crippen molar-refractivity contribution in [1.82, 2.24) is 9.88 Å². The highest BCUT2D eigenvalue weighted by molar-refractivity contribution is 7.20. The van der Waals surface area contributed by atoms with Gasteiger partial charge in [0.15, 0.2) is 0 Å². The summed E-state index contributed by atoms with van der Waals surface area (Å²) in [4.78, 5) is 6.98. The lowest BCUT2D eigenvalue weighted by atomic mass is 9.84.